The van der Waals surface area contributed by atoms with E-state index in [1.54, 1.807) is 0 Å². The van der Waals surface area contributed by atoms with E-state index in [2.05, 4.69) is 47.2 Å². The van der Waals surface area contributed by atoms with Gasteiger partial charge in [0.2, 0.25) is 0 Å². The third-order valence-corrected chi connectivity index (χ3v) is 5.68. The van der Waals surface area contributed by atoms with Gasteiger partial charge < -0.3 is 5.32 Å². The fourth-order valence-corrected chi connectivity index (χ4v) is 4.62. The van der Waals surface area contributed by atoms with Crippen LogP contribution in [0.3, 0.4) is 0 Å². The smallest absolute Gasteiger partial charge is 0.150 e. The van der Waals surface area contributed by atoms with E-state index in [1.165, 1.54) is 11.1 Å². The Hall–Kier alpha value is -0.550. The Balaban J connectivity index is 2.11. The van der Waals surface area contributed by atoms with Crippen LogP contribution in [0.15, 0.2) is 16.6 Å². The van der Waals surface area contributed by atoms with Gasteiger partial charge in [-0.25, -0.2) is 8.42 Å². The first-order valence-electron chi connectivity index (χ1n) is 6.11. The van der Waals surface area contributed by atoms with Crippen molar-refractivity contribution in [2.45, 2.75) is 32.7 Å². The zero-order chi connectivity index (χ0) is 13.3. The van der Waals surface area contributed by atoms with Crippen molar-refractivity contribution in [2.75, 3.05) is 16.8 Å². The van der Waals surface area contributed by atoms with Gasteiger partial charge in [0.1, 0.15) is 9.84 Å². The molecule has 1 N–H and O–H groups in total. The lowest BCUT2D eigenvalue weighted by Crippen LogP contribution is -2.32. The van der Waals surface area contributed by atoms with E-state index < -0.39 is 9.84 Å². The van der Waals surface area contributed by atoms with Crippen molar-refractivity contribution in [1.82, 2.24) is 0 Å². The number of benzene rings is 1. The Morgan fingerprint density at radius 2 is 1.83 bits per heavy atom. The minimum atomic E-state index is -2.79. The molecule has 5 heteroatoms. The van der Waals surface area contributed by atoms with Gasteiger partial charge in [0, 0.05) is 10.5 Å². The van der Waals surface area contributed by atoms with Crippen molar-refractivity contribution < 1.29 is 8.42 Å². The highest BCUT2D eigenvalue weighted by Gasteiger charge is 2.24. The van der Waals surface area contributed by atoms with Crippen molar-refractivity contribution in [3.63, 3.8) is 0 Å². The number of rotatable bonds is 2. The summed E-state index contributed by atoms with van der Waals surface area (Å²) in [5.74, 6) is 0.598. The number of aryl methyl sites for hydroxylation is 2. The average molecular weight is 332 g/mol. The molecule has 1 aliphatic heterocycles. The lowest BCUT2D eigenvalue weighted by Gasteiger charge is -2.25. The Morgan fingerprint density at radius 1 is 1.22 bits per heavy atom. The molecule has 1 heterocycles. The molecule has 1 fully saturated rings. The zero-order valence-electron chi connectivity index (χ0n) is 10.7. The second kappa shape index (κ2) is 5.21. The van der Waals surface area contributed by atoms with Crippen molar-refractivity contribution in [2.24, 2.45) is 0 Å². The highest BCUT2D eigenvalue weighted by Crippen LogP contribution is 2.30. The van der Waals surface area contributed by atoms with Crippen LogP contribution in [0.5, 0.6) is 0 Å². The first-order chi connectivity index (χ1) is 8.37. The molecule has 1 aliphatic rings. The van der Waals surface area contributed by atoms with Gasteiger partial charge in [-0.3, -0.25) is 0 Å². The average Bonchev–Trinajstić information content (AvgIpc) is 2.25. The van der Waals surface area contributed by atoms with Gasteiger partial charge in [0.05, 0.1) is 17.2 Å². The summed E-state index contributed by atoms with van der Waals surface area (Å²) in [7, 11) is -2.79. The molecule has 0 radical (unpaired) electrons. The van der Waals surface area contributed by atoms with E-state index in [9.17, 15) is 8.42 Å². The van der Waals surface area contributed by atoms with E-state index in [4.69, 9.17) is 0 Å². The summed E-state index contributed by atoms with van der Waals surface area (Å²) >= 11 is 3.57. The predicted molar refractivity (Wildman–Crippen MR) is 78.9 cm³/mol. The van der Waals surface area contributed by atoms with Crippen LogP contribution in [0.2, 0.25) is 0 Å². The summed E-state index contributed by atoms with van der Waals surface area (Å²) in [5, 5.41) is 3.47. The lowest BCUT2D eigenvalue weighted by atomic mass is 10.1. The second-order valence-electron chi connectivity index (χ2n) is 5.01. The molecule has 0 aromatic heterocycles. The molecule has 1 aromatic rings. The maximum atomic E-state index is 11.4. The van der Waals surface area contributed by atoms with Crippen LogP contribution in [0.4, 0.5) is 5.69 Å². The largest absolute Gasteiger partial charge is 0.381 e. The van der Waals surface area contributed by atoms with E-state index in [1.807, 2.05) is 0 Å². The monoisotopic (exact) mass is 331 g/mol. The summed E-state index contributed by atoms with van der Waals surface area (Å²) in [5.41, 5.74) is 3.50. The molecule has 0 unspecified atom stereocenters. The van der Waals surface area contributed by atoms with Crippen LogP contribution in [0.25, 0.3) is 0 Å². The van der Waals surface area contributed by atoms with E-state index in [-0.39, 0.29) is 6.04 Å². The summed E-state index contributed by atoms with van der Waals surface area (Å²) in [6, 6.07) is 4.47. The van der Waals surface area contributed by atoms with Crippen LogP contribution in [-0.2, 0) is 9.84 Å². The van der Waals surface area contributed by atoms with Gasteiger partial charge in [-0.2, -0.15) is 0 Å². The van der Waals surface area contributed by atoms with Crippen LogP contribution in [0, 0.1) is 13.8 Å². The Morgan fingerprint density at radius 3 is 2.39 bits per heavy atom. The molecular formula is C13H18BrNO2S. The van der Waals surface area contributed by atoms with Crippen LogP contribution in [-0.4, -0.2) is 26.0 Å². The Kier molecular flexibility index (Phi) is 4.02. The number of hydrogen-bond donors (Lipinski definition) is 1. The number of anilines is 1. The third kappa shape index (κ3) is 3.26. The molecule has 100 valence electrons. The first kappa shape index (κ1) is 13.9. The van der Waals surface area contributed by atoms with Crippen LogP contribution in [0.1, 0.15) is 24.0 Å². The van der Waals surface area contributed by atoms with Crippen molar-refractivity contribution in [3.8, 4) is 0 Å². The molecule has 2 rings (SSSR count). The predicted octanol–water partition coefficient (Wildman–Crippen LogP) is 3.06. The first-order valence-corrected chi connectivity index (χ1v) is 8.72. The van der Waals surface area contributed by atoms with Crippen LogP contribution < -0.4 is 5.32 Å². The van der Waals surface area contributed by atoms with Crippen molar-refractivity contribution in [1.29, 1.82) is 0 Å². The van der Waals surface area contributed by atoms with Crippen molar-refractivity contribution >= 4 is 31.5 Å². The molecule has 1 saturated heterocycles. The van der Waals surface area contributed by atoms with Gasteiger partial charge in [-0.15, -0.1) is 0 Å². The molecule has 0 atom stereocenters. The fourth-order valence-electron chi connectivity index (χ4n) is 2.34. The third-order valence-electron chi connectivity index (χ3n) is 3.33. The number of hydrogen-bond acceptors (Lipinski definition) is 3. The van der Waals surface area contributed by atoms with Gasteiger partial charge >= 0.3 is 0 Å². The molecule has 18 heavy (non-hydrogen) atoms. The topological polar surface area (TPSA) is 46.2 Å². The maximum Gasteiger partial charge on any atom is 0.150 e. The molecule has 0 bridgehead atoms. The second-order valence-corrected chi connectivity index (χ2v) is 8.17. The number of sulfone groups is 1. The number of halogens is 1. The maximum absolute atomic E-state index is 11.4. The summed E-state index contributed by atoms with van der Waals surface area (Å²) < 4.78 is 23.8. The minimum Gasteiger partial charge on any atom is -0.381 e. The summed E-state index contributed by atoms with van der Waals surface area (Å²) in [4.78, 5) is 0. The molecular weight excluding hydrogens is 314 g/mol. The highest BCUT2D eigenvalue weighted by atomic mass is 79.9. The van der Waals surface area contributed by atoms with Gasteiger partial charge in [-0.1, -0.05) is 6.07 Å². The molecule has 0 amide bonds. The quantitative estimate of drug-likeness (QED) is 0.905. The Bertz CT molecular complexity index is 517. The summed E-state index contributed by atoms with van der Waals surface area (Å²) in [6.45, 7) is 4.13. The highest BCUT2D eigenvalue weighted by molar-refractivity contribution is 9.10. The van der Waals surface area contributed by atoms with Crippen molar-refractivity contribution in [3.05, 3.63) is 27.7 Å². The summed E-state index contributed by atoms with van der Waals surface area (Å²) in [6.07, 6.45) is 1.39. The van der Waals surface area contributed by atoms with E-state index in [0.29, 0.717) is 24.3 Å². The minimum absolute atomic E-state index is 0.256. The van der Waals surface area contributed by atoms with Crippen LogP contribution >= 0.6 is 15.9 Å². The normalized spacial score (nSPS) is 19.7. The molecule has 1 aromatic carbocycles. The Labute approximate surface area is 117 Å². The standard InChI is InChI=1S/C13H18BrNO2S/c1-9-7-10(2)13(12(14)8-9)15-11-3-5-18(16,17)6-4-11/h7-8,11,15H,3-6H2,1-2H3. The molecule has 0 spiro atoms. The SMILES string of the molecule is Cc1cc(C)c(NC2CCS(=O)(=O)CC2)c(Br)c1. The van der Waals surface area contributed by atoms with E-state index >= 15 is 0 Å². The number of nitrogens with one attached hydrogen (secondary N) is 1. The van der Waals surface area contributed by atoms with Gasteiger partial charge in [-0.05, 0) is 59.8 Å². The van der Waals surface area contributed by atoms with Gasteiger partial charge in [0.15, 0.2) is 0 Å². The fraction of sp³-hybridized carbons (Fsp3) is 0.538. The van der Waals surface area contributed by atoms with E-state index in [0.717, 1.165) is 10.2 Å². The lowest BCUT2D eigenvalue weighted by molar-refractivity contribution is 0.559. The molecule has 0 saturated carbocycles. The van der Waals surface area contributed by atoms with Gasteiger partial charge in [0.25, 0.3) is 0 Å². The molecule has 0 aliphatic carbocycles. The zero-order valence-corrected chi connectivity index (χ0v) is 13.1. The molecule has 3 nitrogen and oxygen atoms in total.